The van der Waals surface area contributed by atoms with Crippen LogP contribution in [0.25, 0.3) is 0 Å². The molecule has 0 radical (unpaired) electrons. The number of hydrogen-bond acceptors (Lipinski definition) is 6. The van der Waals surface area contributed by atoms with E-state index in [-0.39, 0.29) is 54.7 Å². The van der Waals surface area contributed by atoms with E-state index in [1.165, 1.54) is 4.90 Å². The van der Waals surface area contributed by atoms with Crippen molar-refractivity contribution in [2.45, 2.75) is 38.5 Å². The first kappa shape index (κ1) is 20.3. The molecule has 158 valence electrons. The zero-order valence-electron chi connectivity index (χ0n) is 16.9. The molecule has 8 heteroatoms. The summed E-state index contributed by atoms with van der Waals surface area (Å²) in [4.78, 5) is 63.7. The standard InChI is InChI=1S/C22H24N2O6/c1-23-17-7-6-13(10-14(17)11-19(23)26)18(25)12-30-20(27)8-9-24-21(28)15-4-2-3-5-16(15)22(24)29/h6-7,10,15-16H,2-5,8-9,11-12H2,1H3/t15-,16-/m0/s1. The second-order valence-corrected chi connectivity index (χ2v) is 8.13. The number of carbonyl (C=O) groups is 5. The lowest BCUT2D eigenvalue weighted by Gasteiger charge is -2.19. The van der Waals surface area contributed by atoms with Gasteiger partial charge in [0.1, 0.15) is 0 Å². The van der Waals surface area contributed by atoms with Crippen LogP contribution >= 0.6 is 0 Å². The van der Waals surface area contributed by atoms with E-state index >= 15 is 0 Å². The summed E-state index contributed by atoms with van der Waals surface area (Å²) < 4.78 is 5.05. The number of Topliss-reactive ketones (excluding diaryl/α,β-unsaturated/α-hetero) is 1. The van der Waals surface area contributed by atoms with Crippen molar-refractivity contribution < 1.29 is 28.7 Å². The second kappa shape index (κ2) is 8.01. The van der Waals surface area contributed by atoms with Crippen molar-refractivity contribution in [3.05, 3.63) is 29.3 Å². The van der Waals surface area contributed by atoms with Crippen LogP contribution in [0.4, 0.5) is 5.69 Å². The average molecular weight is 412 g/mol. The number of fused-ring (bicyclic) bond motifs is 2. The molecule has 1 aromatic carbocycles. The van der Waals surface area contributed by atoms with E-state index in [9.17, 15) is 24.0 Å². The van der Waals surface area contributed by atoms with Gasteiger partial charge in [-0.15, -0.1) is 0 Å². The van der Waals surface area contributed by atoms with Gasteiger partial charge in [-0.05, 0) is 36.6 Å². The van der Waals surface area contributed by atoms with Crippen LogP contribution in [0.5, 0.6) is 0 Å². The van der Waals surface area contributed by atoms with E-state index in [0.717, 1.165) is 36.9 Å². The summed E-state index contributed by atoms with van der Waals surface area (Å²) in [7, 11) is 1.68. The van der Waals surface area contributed by atoms with Crippen molar-refractivity contribution in [2.75, 3.05) is 25.1 Å². The molecule has 1 saturated carbocycles. The molecule has 30 heavy (non-hydrogen) atoms. The number of ketones is 1. The Kier molecular flexibility index (Phi) is 5.40. The third kappa shape index (κ3) is 3.62. The number of rotatable bonds is 6. The molecule has 0 spiro atoms. The van der Waals surface area contributed by atoms with E-state index in [1.807, 2.05) is 0 Å². The summed E-state index contributed by atoms with van der Waals surface area (Å²) in [6, 6.07) is 4.96. The van der Waals surface area contributed by atoms with Gasteiger partial charge in [-0.2, -0.15) is 0 Å². The van der Waals surface area contributed by atoms with E-state index in [1.54, 1.807) is 30.1 Å². The van der Waals surface area contributed by atoms with Crippen molar-refractivity contribution >= 4 is 35.2 Å². The number of esters is 1. The summed E-state index contributed by atoms with van der Waals surface area (Å²) in [5.41, 5.74) is 1.92. The number of nitrogens with zero attached hydrogens (tertiary/aromatic N) is 2. The number of ether oxygens (including phenoxy) is 1. The van der Waals surface area contributed by atoms with Gasteiger partial charge in [0, 0.05) is 24.8 Å². The minimum absolute atomic E-state index is 0.00895. The highest BCUT2D eigenvalue weighted by molar-refractivity contribution is 6.05. The highest BCUT2D eigenvalue weighted by atomic mass is 16.5. The highest BCUT2D eigenvalue weighted by Crippen LogP contribution is 2.38. The Labute approximate surface area is 174 Å². The van der Waals surface area contributed by atoms with Crippen LogP contribution in [-0.4, -0.2) is 54.6 Å². The predicted octanol–water partition coefficient (Wildman–Crippen LogP) is 1.50. The lowest BCUT2D eigenvalue weighted by atomic mass is 9.81. The summed E-state index contributed by atoms with van der Waals surface area (Å²) in [5, 5.41) is 0. The van der Waals surface area contributed by atoms with Gasteiger partial charge in [-0.1, -0.05) is 12.8 Å². The zero-order valence-corrected chi connectivity index (χ0v) is 16.9. The maximum absolute atomic E-state index is 12.4. The molecule has 4 rings (SSSR count). The van der Waals surface area contributed by atoms with Crippen LogP contribution in [-0.2, 0) is 30.3 Å². The normalized spacial score (nSPS) is 22.9. The van der Waals surface area contributed by atoms with Crippen LogP contribution < -0.4 is 4.90 Å². The lowest BCUT2D eigenvalue weighted by molar-refractivity contribution is -0.145. The second-order valence-electron chi connectivity index (χ2n) is 8.13. The van der Waals surface area contributed by atoms with Gasteiger partial charge >= 0.3 is 5.97 Å². The van der Waals surface area contributed by atoms with Gasteiger partial charge in [-0.3, -0.25) is 28.9 Å². The SMILES string of the molecule is CN1C(=O)Cc2cc(C(=O)COC(=O)CCN3C(=O)[C@H]4CCCC[C@@H]4C3=O)ccc21. The van der Waals surface area contributed by atoms with E-state index in [2.05, 4.69) is 0 Å². The van der Waals surface area contributed by atoms with E-state index in [4.69, 9.17) is 4.74 Å². The number of hydrogen-bond donors (Lipinski definition) is 0. The number of benzene rings is 1. The third-order valence-corrected chi connectivity index (χ3v) is 6.31. The van der Waals surface area contributed by atoms with E-state index < -0.39 is 12.6 Å². The molecule has 2 heterocycles. The van der Waals surface area contributed by atoms with Gasteiger partial charge < -0.3 is 9.64 Å². The van der Waals surface area contributed by atoms with Gasteiger partial charge in [0.15, 0.2) is 12.4 Å². The van der Waals surface area contributed by atoms with Crippen LogP contribution in [0.3, 0.4) is 0 Å². The molecular weight excluding hydrogens is 388 g/mol. The average Bonchev–Trinajstić information content (AvgIpc) is 3.17. The fraction of sp³-hybridized carbons (Fsp3) is 0.500. The van der Waals surface area contributed by atoms with Crippen molar-refractivity contribution in [2.24, 2.45) is 11.8 Å². The Balaban J connectivity index is 1.28. The molecular formula is C22H24N2O6. The number of carbonyl (C=O) groups excluding carboxylic acids is 5. The zero-order chi connectivity index (χ0) is 21.4. The Hall–Kier alpha value is -3.03. The topological polar surface area (TPSA) is 101 Å². The van der Waals surface area contributed by atoms with Crippen molar-refractivity contribution in [3.63, 3.8) is 0 Å². The van der Waals surface area contributed by atoms with Gasteiger partial charge in [-0.25, -0.2) is 0 Å². The molecule has 0 aromatic heterocycles. The van der Waals surface area contributed by atoms with Gasteiger partial charge in [0.2, 0.25) is 17.7 Å². The molecule has 8 nitrogen and oxygen atoms in total. The maximum Gasteiger partial charge on any atom is 0.308 e. The molecule has 2 aliphatic heterocycles. The fourth-order valence-electron chi connectivity index (χ4n) is 4.60. The number of likely N-dealkylation sites (tertiary alicyclic amines) is 1. The highest BCUT2D eigenvalue weighted by Gasteiger charge is 2.47. The molecule has 1 aromatic rings. The minimum Gasteiger partial charge on any atom is -0.457 e. The summed E-state index contributed by atoms with van der Waals surface area (Å²) >= 11 is 0. The van der Waals surface area contributed by atoms with Gasteiger partial charge in [0.25, 0.3) is 0 Å². The van der Waals surface area contributed by atoms with Gasteiger partial charge in [0.05, 0.1) is 24.7 Å². The monoisotopic (exact) mass is 412 g/mol. The first-order valence-corrected chi connectivity index (χ1v) is 10.3. The Morgan fingerprint density at radius 2 is 1.73 bits per heavy atom. The molecule has 1 saturated heterocycles. The summed E-state index contributed by atoms with van der Waals surface area (Å²) in [6.45, 7) is -0.431. The number of likely N-dealkylation sites (N-methyl/N-ethyl adjacent to an activating group) is 1. The van der Waals surface area contributed by atoms with Crippen molar-refractivity contribution in [3.8, 4) is 0 Å². The summed E-state index contributed by atoms with van der Waals surface area (Å²) in [6.07, 6.45) is 3.47. The molecule has 0 N–H and O–H groups in total. The number of anilines is 1. The maximum atomic E-state index is 12.4. The molecule has 3 amide bonds. The molecule has 3 aliphatic rings. The van der Waals surface area contributed by atoms with Crippen LogP contribution in [0.2, 0.25) is 0 Å². The lowest BCUT2D eigenvalue weighted by Crippen LogP contribution is -2.33. The molecule has 0 unspecified atom stereocenters. The quantitative estimate of drug-likeness (QED) is 0.399. The number of amides is 3. The Bertz CT molecular complexity index is 916. The van der Waals surface area contributed by atoms with Crippen LogP contribution in [0.15, 0.2) is 18.2 Å². The van der Waals surface area contributed by atoms with E-state index in [0.29, 0.717) is 5.56 Å². The molecule has 2 atom stereocenters. The number of imide groups is 1. The summed E-state index contributed by atoms with van der Waals surface area (Å²) in [5.74, 6) is -1.89. The van der Waals surface area contributed by atoms with Crippen LogP contribution in [0, 0.1) is 11.8 Å². The van der Waals surface area contributed by atoms with Crippen molar-refractivity contribution in [1.82, 2.24) is 4.90 Å². The predicted molar refractivity (Wildman–Crippen MR) is 106 cm³/mol. The largest absolute Gasteiger partial charge is 0.457 e. The first-order chi connectivity index (χ1) is 14.4. The minimum atomic E-state index is -0.630. The van der Waals surface area contributed by atoms with Crippen molar-refractivity contribution in [1.29, 1.82) is 0 Å². The molecule has 2 fully saturated rings. The fourth-order valence-corrected chi connectivity index (χ4v) is 4.60. The molecule has 0 bridgehead atoms. The molecule has 1 aliphatic carbocycles. The first-order valence-electron chi connectivity index (χ1n) is 10.3. The smallest absolute Gasteiger partial charge is 0.308 e. The Morgan fingerprint density at radius 1 is 1.07 bits per heavy atom. The third-order valence-electron chi connectivity index (χ3n) is 6.31. The van der Waals surface area contributed by atoms with Crippen LogP contribution in [0.1, 0.15) is 48.0 Å². The Morgan fingerprint density at radius 3 is 2.40 bits per heavy atom.